The Labute approximate surface area is 149 Å². The van der Waals surface area contributed by atoms with E-state index in [9.17, 15) is 18.5 Å². The Kier molecular flexibility index (Phi) is 5.85. The van der Waals surface area contributed by atoms with Crippen LogP contribution in [0.5, 0.6) is 0 Å². The van der Waals surface area contributed by atoms with Gasteiger partial charge in [0.1, 0.15) is 5.69 Å². The number of hydrazine groups is 1. The number of primary sulfonamides is 1. The maximum absolute atomic E-state index is 11.3. The molecule has 0 saturated carbocycles. The number of sulfonamides is 1. The first-order chi connectivity index (χ1) is 11.8. The summed E-state index contributed by atoms with van der Waals surface area (Å²) in [6.45, 7) is 0.473. The largest absolute Gasteiger partial charge is 0.357 e. The molecule has 0 radical (unpaired) electrons. The maximum atomic E-state index is 11.3. The number of nitrogens with one attached hydrogen (secondary N) is 3. The second-order valence-electron chi connectivity index (χ2n) is 4.90. The van der Waals surface area contributed by atoms with Crippen LogP contribution in [-0.2, 0) is 16.6 Å². The van der Waals surface area contributed by atoms with Crippen LogP contribution in [0.15, 0.2) is 53.4 Å². The summed E-state index contributed by atoms with van der Waals surface area (Å²) >= 11 is 5.08. The van der Waals surface area contributed by atoms with Gasteiger partial charge in [-0.1, -0.05) is 30.3 Å². The normalized spacial score (nSPS) is 10.8. The smallest absolute Gasteiger partial charge is 0.295 e. The summed E-state index contributed by atoms with van der Waals surface area (Å²) in [7, 11) is -4.04. The second-order valence-corrected chi connectivity index (χ2v) is 6.87. The number of anilines is 1. The van der Waals surface area contributed by atoms with Crippen LogP contribution in [0.3, 0.4) is 0 Å². The number of nitrogens with two attached hydrogens (primary N) is 1. The lowest BCUT2D eigenvalue weighted by Crippen LogP contribution is -2.38. The molecule has 25 heavy (non-hydrogen) atoms. The fraction of sp³-hybridized carbons (Fsp3) is 0.0714. The van der Waals surface area contributed by atoms with Crippen molar-refractivity contribution in [3.63, 3.8) is 0 Å². The quantitative estimate of drug-likeness (QED) is 0.333. The molecule has 0 aliphatic heterocycles. The van der Waals surface area contributed by atoms with Crippen LogP contribution in [-0.4, -0.2) is 18.5 Å². The van der Waals surface area contributed by atoms with Gasteiger partial charge < -0.3 is 5.32 Å². The second kappa shape index (κ2) is 7.88. The Morgan fingerprint density at radius 2 is 1.88 bits per heavy atom. The molecule has 9 nitrogen and oxygen atoms in total. The van der Waals surface area contributed by atoms with E-state index < -0.39 is 20.6 Å². The molecule has 0 heterocycles. The minimum atomic E-state index is -4.04. The van der Waals surface area contributed by atoms with Gasteiger partial charge in [0.15, 0.2) is 5.11 Å². The first-order valence-electron chi connectivity index (χ1n) is 6.92. The third-order valence-electron chi connectivity index (χ3n) is 3.10. The molecule has 5 N–H and O–H groups in total. The number of benzene rings is 2. The lowest BCUT2D eigenvalue weighted by molar-refractivity contribution is -0.384. The van der Waals surface area contributed by atoms with Crippen LogP contribution in [0.1, 0.15) is 5.56 Å². The summed E-state index contributed by atoms with van der Waals surface area (Å²) in [6, 6.07) is 12.8. The molecule has 0 bridgehead atoms. The highest BCUT2D eigenvalue weighted by atomic mass is 32.2. The van der Waals surface area contributed by atoms with Crippen molar-refractivity contribution < 1.29 is 13.3 Å². The van der Waals surface area contributed by atoms with Gasteiger partial charge in [0.05, 0.1) is 9.82 Å². The van der Waals surface area contributed by atoms with E-state index in [1.54, 1.807) is 0 Å². The van der Waals surface area contributed by atoms with Crippen molar-refractivity contribution in [2.45, 2.75) is 11.4 Å². The standard InChI is InChI=1S/C14H15N5O4S2/c15-25(22,23)11-6-7-12(13(8-11)19(20)21)17-18-14(24)16-9-10-4-2-1-3-5-10/h1-8,17H,9H2,(H2,15,22,23)(H2,16,18,24). The minimum absolute atomic E-state index is 0.0428. The Morgan fingerprint density at radius 1 is 1.20 bits per heavy atom. The van der Waals surface area contributed by atoms with Crippen LogP contribution < -0.4 is 21.3 Å². The molecule has 2 aromatic rings. The number of rotatable bonds is 6. The zero-order chi connectivity index (χ0) is 18.4. The lowest BCUT2D eigenvalue weighted by atomic mass is 10.2. The van der Waals surface area contributed by atoms with Gasteiger partial charge in [0.25, 0.3) is 5.69 Å². The number of nitro groups is 1. The Bertz CT molecular complexity index is 887. The molecule has 0 saturated heterocycles. The van der Waals surface area contributed by atoms with Crippen LogP contribution in [0.2, 0.25) is 0 Å². The van der Waals surface area contributed by atoms with Gasteiger partial charge in [0, 0.05) is 12.6 Å². The van der Waals surface area contributed by atoms with Gasteiger partial charge >= 0.3 is 0 Å². The average Bonchev–Trinajstić information content (AvgIpc) is 2.58. The van der Waals surface area contributed by atoms with Gasteiger partial charge in [-0.05, 0) is 29.9 Å². The highest BCUT2D eigenvalue weighted by Gasteiger charge is 2.19. The molecule has 0 spiro atoms. The van der Waals surface area contributed by atoms with Crippen molar-refractivity contribution in [2.75, 3.05) is 5.43 Å². The number of hydrogen-bond donors (Lipinski definition) is 4. The van der Waals surface area contributed by atoms with Gasteiger partial charge in [-0.15, -0.1) is 0 Å². The zero-order valence-electron chi connectivity index (χ0n) is 12.8. The van der Waals surface area contributed by atoms with E-state index in [-0.39, 0.29) is 15.7 Å². The summed E-state index contributed by atoms with van der Waals surface area (Å²) in [5.41, 5.74) is 5.78. The number of nitro benzene ring substituents is 1. The van der Waals surface area contributed by atoms with E-state index in [1.165, 1.54) is 6.07 Å². The third kappa shape index (κ3) is 5.38. The van der Waals surface area contributed by atoms with Crippen LogP contribution in [0.25, 0.3) is 0 Å². The average molecular weight is 381 g/mol. The van der Waals surface area contributed by atoms with Gasteiger partial charge in [-0.3, -0.25) is 21.0 Å². The van der Waals surface area contributed by atoms with Crippen molar-refractivity contribution >= 4 is 38.7 Å². The van der Waals surface area contributed by atoms with E-state index in [4.69, 9.17) is 17.4 Å². The highest BCUT2D eigenvalue weighted by Crippen LogP contribution is 2.26. The SMILES string of the molecule is NS(=O)(=O)c1ccc(NNC(=S)NCc2ccccc2)c([N+](=O)[O-])c1. The Hall–Kier alpha value is -2.76. The minimum Gasteiger partial charge on any atom is -0.357 e. The molecule has 0 aliphatic rings. The Balaban J connectivity index is 2.02. The molecule has 0 atom stereocenters. The summed E-state index contributed by atoms with van der Waals surface area (Å²) < 4.78 is 22.6. The van der Waals surface area contributed by atoms with Crippen molar-refractivity contribution in [3.05, 3.63) is 64.2 Å². The molecule has 0 aliphatic carbocycles. The molecule has 11 heteroatoms. The molecule has 2 rings (SSSR count). The molecule has 0 aromatic heterocycles. The molecular formula is C14H15N5O4S2. The predicted molar refractivity (Wildman–Crippen MR) is 97.1 cm³/mol. The van der Waals surface area contributed by atoms with Crippen LogP contribution >= 0.6 is 12.2 Å². The molecule has 2 aromatic carbocycles. The topological polar surface area (TPSA) is 139 Å². The predicted octanol–water partition coefficient (Wildman–Crippen LogP) is 1.23. The molecule has 0 fully saturated rings. The first kappa shape index (κ1) is 18.6. The maximum Gasteiger partial charge on any atom is 0.295 e. The monoisotopic (exact) mass is 381 g/mol. The fourth-order valence-electron chi connectivity index (χ4n) is 1.89. The molecule has 0 unspecified atom stereocenters. The van der Waals surface area contributed by atoms with Crippen molar-refractivity contribution in [1.82, 2.24) is 10.7 Å². The first-order valence-corrected chi connectivity index (χ1v) is 8.88. The summed E-state index contributed by atoms with van der Waals surface area (Å²) in [4.78, 5) is 10.0. The van der Waals surface area contributed by atoms with Crippen LogP contribution in [0, 0.1) is 10.1 Å². The van der Waals surface area contributed by atoms with Gasteiger partial charge in [0.2, 0.25) is 10.0 Å². The van der Waals surface area contributed by atoms with Crippen molar-refractivity contribution in [1.29, 1.82) is 0 Å². The molecule has 132 valence electrons. The lowest BCUT2D eigenvalue weighted by Gasteiger charge is -2.13. The summed E-state index contributed by atoms with van der Waals surface area (Å²) in [5.74, 6) is 0. The summed E-state index contributed by atoms with van der Waals surface area (Å²) in [6.07, 6.45) is 0. The van der Waals surface area contributed by atoms with Gasteiger partial charge in [-0.2, -0.15) is 0 Å². The number of thiocarbonyl (C=S) groups is 1. The fourth-order valence-corrected chi connectivity index (χ4v) is 2.55. The molecule has 0 amide bonds. The zero-order valence-corrected chi connectivity index (χ0v) is 14.4. The third-order valence-corrected chi connectivity index (χ3v) is 4.26. The van der Waals surface area contributed by atoms with E-state index in [1.807, 2.05) is 30.3 Å². The summed E-state index contributed by atoms with van der Waals surface area (Å²) in [5, 5.41) is 19.2. The van der Waals surface area contributed by atoms with Gasteiger partial charge in [-0.25, -0.2) is 13.6 Å². The van der Waals surface area contributed by atoms with E-state index >= 15 is 0 Å². The number of hydrogen-bond acceptors (Lipinski definition) is 6. The van der Waals surface area contributed by atoms with Crippen molar-refractivity contribution in [3.8, 4) is 0 Å². The van der Waals surface area contributed by atoms with E-state index in [0.717, 1.165) is 17.7 Å². The van der Waals surface area contributed by atoms with E-state index in [2.05, 4.69) is 16.2 Å². The molecular weight excluding hydrogens is 366 g/mol. The Morgan fingerprint density at radius 3 is 2.48 bits per heavy atom. The number of nitrogens with zero attached hydrogens (tertiary/aromatic N) is 1. The highest BCUT2D eigenvalue weighted by molar-refractivity contribution is 7.89. The van der Waals surface area contributed by atoms with Crippen LogP contribution in [0.4, 0.5) is 11.4 Å². The van der Waals surface area contributed by atoms with E-state index in [0.29, 0.717) is 6.54 Å². The van der Waals surface area contributed by atoms with Crippen molar-refractivity contribution in [2.24, 2.45) is 5.14 Å².